The molecule has 0 spiro atoms. The van der Waals surface area contributed by atoms with Crippen molar-refractivity contribution in [2.45, 2.75) is 92.0 Å². The Morgan fingerprint density at radius 2 is 1.79 bits per heavy atom. The number of rotatable bonds is 4. The second-order valence-corrected chi connectivity index (χ2v) is 9.35. The molecule has 0 amide bonds. The predicted octanol–water partition coefficient (Wildman–Crippen LogP) is 3.95. The summed E-state index contributed by atoms with van der Waals surface area (Å²) in [6.45, 7) is 14.9. The first-order valence-electron chi connectivity index (χ1n) is 9.42. The smallest absolute Gasteiger partial charge is 0.302 e. The highest BCUT2D eigenvalue weighted by molar-refractivity contribution is 5.66. The molecule has 4 heteroatoms. The fourth-order valence-electron chi connectivity index (χ4n) is 5.57. The van der Waals surface area contributed by atoms with Crippen LogP contribution < -0.4 is 0 Å². The molecule has 0 radical (unpaired) electrons. The maximum Gasteiger partial charge on any atom is 0.302 e. The summed E-state index contributed by atoms with van der Waals surface area (Å²) in [5.74, 6) is 0.312. The third-order valence-electron chi connectivity index (χ3n) is 6.86. The lowest BCUT2D eigenvalue weighted by molar-refractivity contribution is -0.217. The Morgan fingerprint density at radius 3 is 2.33 bits per heavy atom. The van der Waals surface area contributed by atoms with E-state index in [-0.39, 0.29) is 34.9 Å². The Morgan fingerprint density at radius 1 is 1.17 bits per heavy atom. The van der Waals surface area contributed by atoms with Crippen molar-refractivity contribution in [3.63, 3.8) is 0 Å². The first kappa shape index (κ1) is 19.7. The summed E-state index contributed by atoms with van der Waals surface area (Å²) in [6.07, 6.45) is 3.68. The highest BCUT2D eigenvalue weighted by Gasteiger charge is 2.61. The van der Waals surface area contributed by atoms with Gasteiger partial charge < -0.3 is 14.6 Å². The first-order chi connectivity index (χ1) is 10.9. The van der Waals surface area contributed by atoms with Gasteiger partial charge in [0, 0.05) is 18.3 Å². The van der Waals surface area contributed by atoms with Crippen molar-refractivity contribution in [1.29, 1.82) is 0 Å². The Hall–Kier alpha value is -0.610. The van der Waals surface area contributed by atoms with E-state index in [4.69, 9.17) is 9.47 Å². The van der Waals surface area contributed by atoms with Gasteiger partial charge in [0.15, 0.2) is 0 Å². The summed E-state index contributed by atoms with van der Waals surface area (Å²) < 4.78 is 11.6. The Bertz CT molecular complexity index is 468. The maximum atomic E-state index is 11.5. The van der Waals surface area contributed by atoms with Gasteiger partial charge in [-0.05, 0) is 57.8 Å². The van der Waals surface area contributed by atoms with Crippen molar-refractivity contribution >= 4 is 5.97 Å². The minimum atomic E-state index is -0.704. The zero-order chi connectivity index (χ0) is 18.3. The van der Waals surface area contributed by atoms with Gasteiger partial charge in [0.05, 0.1) is 18.3 Å². The molecule has 0 aliphatic heterocycles. The van der Waals surface area contributed by atoms with E-state index in [1.165, 1.54) is 6.92 Å². The highest BCUT2D eigenvalue weighted by atomic mass is 16.5. The minimum absolute atomic E-state index is 0.00319. The molecule has 24 heavy (non-hydrogen) atoms. The van der Waals surface area contributed by atoms with Crippen LogP contribution in [0, 0.1) is 22.7 Å². The number of aliphatic hydroxyl groups is 1. The fraction of sp³-hybridized carbons (Fsp3) is 0.950. The van der Waals surface area contributed by atoms with E-state index >= 15 is 0 Å². The molecule has 2 aliphatic carbocycles. The van der Waals surface area contributed by atoms with Crippen LogP contribution in [0.1, 0.15) is 74.1 Å². The molecule has 4 nitrogen and oxygen atoms in total. The van der Waals surface area contributed by atoms with Crippen LogP contribution in [0.25, 0.3) is 0 Å². The summed E-state index contributed by atoms with van der Waals surface area (Å²) >= 11 is 0. The minimum Gasteiger partial charge on any atom is -0.462 e. The van der Waals surface area contributed by atoms with E-state index in [1.54, 1.807) is 0 Å². The summed E-state index contributed by atoms with van der Waals surface area (Å²) in [5, 5.41) is 11.1. The molecule has 0 aromatic heterocycles. The van der Waals surface area contributed by atoms with Crippen molar-refractivity contribution < 1.29 is 19.4 Å². The topological polar surface area (TPSA) is 55.8 Å². The van der Waals surface area contributed by atoms with Gasteiger partial charge in [-0.25, -0.2) is 0 Å². The van der Waals surface area contributed by atoms with Crippen LogP contribution in [0.15, 0.2) is 0 Å². The van der Waals surface area contributed by atoms with E-state index < -0.39 is 5.60 Å². The third-order valence-corrected chi connectivity index (χ3v) is 6.86. The number of carbonyl (C=O) groups excluding carboxylic acids is 1. The van der Waals surface area contributed by atoms with Crippen LogP contribution in [0.2, 0.25) is 0 Å². The molecule has 2 rings (SSSR count). The van der Waals surface area contributed by atoms with Crippen molar-refractivity contribution in [2.24, 2.45) is 22.7 Å². The molecule has 2 saturated carbocycles. The molecular formula is C20H36O4. The molecule has 0 saturated heterocycles. The Kier molecular flexibility index (Phi) is 5.42. The summed E-state index contributed by atoms with van der Waals surface area (Å²) in [7, 11) is 0. The number of fused-ring (bicyclic) bond motifs is 1. The van der Waals surface area contributed by atoms with Gasteiger partial charge in [-0.1, -0.05) is 20.8 Å². The molecule has 1 N–H and O–H groups in total. The van der Waals surface area contributed by atoms with E-state index in [0.29, 0.717) is 12.5 Å². The zero-order valence-electron chi connectivity index (χ0n) is 16.5. The number of ether oxygens (including phenoxy) is 2. The van der Waals surface area contributed by atoms with Crippen molar-refractivity contribution in [3.05, 3.63) is 0 Å². The monoisotopic (exact) mass is 340 g/mol. The van der Waals surface area contributed by atoms with E-state index in [0.717, 1.165) is 25.7 Å². The summed E-state index contributed by atoms with van der Waals surface area (Å²) in [5.41, 5.74) is -0.799. The first-order valence-corrected chi connectivity index (χ1v) is 9.42. The van der Waals surface area contributed by atoms with Crippen LogP contribution >= 0.6 is 0 Å². The van der Waals surface area contributed by atoms with Crippen molar-refractivity contribution in [3.8, 4) is 0 Å². The standard InChI is InChI=1S/C20H36O4/c1-13(2)23-12-16-19(6)10-9-17(24-14(3)21)18(4,5)15(19)8-11-20(16,7)22/h13,15-17,22H,8-12H2,1-7H3. The number of hydrogen-bond donors (Lipinski definition) is 1. The van der Waals surface area contributed by atoms with E-state index in [9.17, 15) is 9.90 Å². The second-order valence-electron chi connectivity index (χ2n) is 9.35. The molecular weight excluding hydrogens is 304 g/mol. The molecule has 0 bridgehead atoms. The SMILES string of the molecule is CC(=O)OC1CCC2(C)C(COC(C)C)C(C)(O)CCC2C1(C)C. The molecule has 2 aliphatic rings. The van der Waals surface area contributed by atoms with E-state index in [2.05, 4.69) is 20.8 Å². The van der Waals surface area contributed by atoms with Crippen LogP contribution in [0.5, 0.6) is 0 Å². The number of hydrogen-bond acceptors (Lipinski definition) is 4. The van der Waals surface area contributed by atoms with Gasteiger partial charge in [0.25, 0.3) is 0 Å². The average molecular weight is 341 g/mol. The van der Waals surface area contributed by atoms with Gasteiger partial charge >= 0.3 is 5.97 Å². The van der Waals surface area contributed by atoms with Gasteiger partial charge in [-0.2, -0.15) is 0 Å². The van der Waals surface area contributed by atoms with Gasteiger partial charge in [-0.15, -0.1) is 0 Å². The lowest BCUT2D eigenvalue weighted by atomic mass is 9.45. The summed E-state index contributed by atoms with van der Waals surface area (Å²) in [6, 6.07) is 0. The van der Waals surface area contributed by atoms with Crippen LogP contribution in [-0.4, -0.2) is 35.5 Å². The molecule has 140 valence electrons. The van der Waals surface area contributed by atoms with Gasteiger partial charge in [-0.3, -0.25) is 4.79 Å². The van der Waals surface area contributed by atoms with Gasteiger partial charge in [0.2, 0.25) is 0 Å². The van der Waals surface area contributed by atoms with Crippen LogP contribution in [0.3, 0.4) is 0 Å². The largest absolute Gasteiger partial charge is 0.462 e. The predicted molar refractivity (Wildman–Crippen MR) is 94.6 cm³/mol. The highest BCUT2D eigenvalue weighted by Crippen LogP contribution is 2.62. The number of carbonyl (C=O) groups is 1. The van der Waals surface area contributed by atoms with Gasteiger partial charge in [0.1, 0.15) is 6.10 Å². The molecule has 0 aromatic rings. The van der Waals surface area contributed by atoms with E-state index in [1.807, 2.05) is 20.8 Å². The Balaban J connectivity index is 2.30. The summed E-state index contributed by atoms with van der Waals surface area (Å²) in [4.78, 5) is 11.5. The molecule has 5 atom stereocenters. The van der Waals surface area contributed by atoms with Crippen molar-refractivity contribution in [2.75, 3.05) is 6.61 Å². The van der Waals surface area contributed by atoms with Crippen LogP contribution in [0.4, 0.5) is 0 Å². The Labute approximate surface area is 147 Å². The fourth-order valence-corrected chi connectivity index (χ4v) is 5.57. The zero-order valence-corrected chi connectivity index (χ0v) is 16.5. The second kappa shape index (κ2) is 6.60. The molecule has 2 fully saturated rings. The van der Waals surface area contributed by atoms with Crippen molar-refractivity contribution in [1.82, 2.24) is 0 Å². The molecule has 0 aromatic carbocycles. The molecule has 0 heterocycles. The normalized spacial score (nSPS) is 41.8. The lowest BCUT2D eigenvalue weighted by Gasteiger charge is -2.62. The quantitative estimate of drug-likeness (QED) is 0.787. The number of esters is 1. The lowest BCUT2D eigenvalue weighted by Crippen LogP contribution is -2.62. The van der Waals surface area contributed by atoms with Crippen LogP contribution in [-0.2, 0) is 14.3 Å². The average Bonchev–Trinajstić information content (AvgIpc) is 2.40. The third kappa shape index (κ3) is 3.50. The molecule has 5 unspecified atom stereocenters. The maximum absolute atomic E-state index is 11.5.